The number of hydrogen-bond donors (Lipinski definition) is 0. The van der Waals surface area contributed by atoms with Crippen molar-refractivity contribution in [3.63, 3.8) is 0 Å². The molecule has 2 saturated heterocycles. The van der Waals surface area contributed by atoms with Crippen LogP contribution in [0.2, 0.25) is 0 Å². The number of pyridine rings is 1. The molecule has 0 unspecified atom stereocenters. The van der Waals surface area contributed by atoms with E-state index in [1.165, 1.54) is 11.0 Å². The van der Waals surface area contributed by atoms with Crippen molar-refractivity contribution in [1.82, 2.24) is 34.7 Å². The predicted molar refractivity (Wildman–Crippen MR) is 151 cm³/mol. The van der Waals surface area contributed by atoms with Gasteiger partial charge in [-0.25, -0.2) is 4.68 Å². The first-order valence-corrected chi connectivity index (χ1v) is 14.7. The van der Waals surface area contributed by atoms with E-state index in [1.54, 1.807) is 28.2 Å². The van der Waals surface area contributed by atoms with Crippen LogP contribution in [-0.2, 0) is 28.9 Å². The lowest BCUT2D eigenvalue weighted by atomic mass is 10.0. The van der Waals surface area contributed by atoms with Crippen molar-refractivity contribution >= 4 is 11.8 Å². The van der Waals surface area contributed by atoms with Crippen molar-refractivity contribution in [3.8, 4) is 5.75 Å². The summed E-state index contributed by atoms with van der Waals surface area (Å²) in [6.07, 6.45) is 0.201. The summed E-state index contributed by atoms with van der Waals surface area (Å²) in [5.74, 6) is -0.885. The summed E-state index contributed by atoms with van der Waals surface area (Å²) in [6, 6.07) is 5.71. The van der Waals surface area contributed by atoms with Crippen LogP contribution in [0.5, 0.6) is 5.75 Å². The Bertz CT molecular complexity index is 1500. The second kappa shape index (κ2) is 12.2. The summed E-state index contributed by atoms with van der Waals surface area (Å²) < 4.78 is 54.8. The molecule has 11 nitrogen and oxygen atoms in total. The van der Waals surface area contributed by atoms with Gasteiger partial charge in [-0.2, -0.15) is 13.2 Å². The zero-order valence-electron chi connectivity index (χ0n) is 24.5. The highest BCUT2D eigenvalue weighted by atomic mass is 19.4. The number of halogens is 3. The van der Waals surface area contributed by atoms with Crippen LogP contribution in [-0.4, -0.2) is 104 Å². The third-order valence-electron chi connectivity index (χ3n) is 8.43. The Kier molecular flexibility index (Phi) is 8.29. The van der Waals surface area contributed by atoms with Crippen molar-refractivity contribution in [2.45, 2.75) is 63.8 Å². The van der Waals surface area contributed by atoms with Crippen LogP contribution in [0.15, 0.2) is 48.9 Å². The molecule has 3 aliphatic heterocycles. The van der Waals surface area contributed by atoms with Gasteiger partial charge in [0.1, 0.15) is 24.1 Å². The average Bonchev–Trinajstić information content (AvgIpc) is 3.64. The van der Waals surface area contributed by atoms with E-state index in [2.05, 4.69) is 34.0 Å². The second-order valence-corrected chi connectivity index (χ2v) is 11.7. The number of alkyl halides is 3. The number of fused-ring (bicyclic) bond motifs is 3. The number of hydrogen-bond acceptors (Lipinski definition) is 8. The van der Waals surface area contributed by atoms with Crippen molar-refractivity contribution in [2.24, 2.45) is 0 Å². The van der Waals surface area contributed by atoms with E-state index in [4.69, 9.17) is 9.47 Å². The molecule has 3 atom stereocenters. The van der Waals surface area contributed by atoms with Crippen LogP contribution in [0.4, 0.5) is 13.2 Å². The lowest BCUT2D eigenvalue weighted by molar-refractivity contribution is -0.142. The fraction of sp³-hybridized carbons (Fsp3) is 0.500. The molecule has 0 N–H and O–H groups in total. The summed E-state index contributed by atoms with van der Waals surface area (Å²) in [6.45, 7) is 6.48. The van der Waals surface area contributed by atoms with Gasteiger partial charge in [-0.1, -0.05) is 11.3 Å². The fourth-order valence-corrected chi connectivity index (χ4v) is 6.05. The first-order valence-electron chi connectivity index (χ1n) is 14.7. The number of amides is 2. The molecule has 0 radical (unpaired) electrons. The summed E-state index contributed by atoms with van der Waals surface area (Å²) in [4.78, 5) is 37.3. The number of carbonyl (C=O) groups excluding carboxylic acids is 2. The van der Waals surface area contributed by atoms with Crippen LogP contribution in [0.3, 0.4) is 0 Å². The number of rotatable bonds is 6. The summed E-state index contributed by atoms with van der Waals surface area (Å²) in [5.41, 5.74) is 0.346. The van der Waals surface area contributed by atoms with Gasteiger partial charge in [0.2, 0.25) is 5.91 Å². The minimum Gasteiger partial charge on any atom is -0.491 e. The highest BCUT2D eigenvalue weighted by molar-refractivity contribution is 6.00. The summed E-state index contributed by atoms with van der Waals surface area (Å²) in [7, 11) is 0. The van der Waals surface area contributed by atoms with Gasteiger partial charge < -0.3 is 19.3 Å². The van der Waals surface area contributed by atoms with Crippen LogP contribution < -0.4 is 4.74 Å². The SMILES string of the molecule is CC(C)N1CCN2C(=O)[C@@H]3C[C@@H](OCc4cn(Cc5cccnc5)nn4)CN3C(=O)c3cc(C(F)(F)F)ccc3OC[C@@H]2C1. The van der Waals surface area contributed by atoms with E-state index in [0.29, 0.717) is 31.9 Å². The van der Waals surface area contributed by atoms with E-state index in [9.17, 15) is 22.8 Å². The Morgan fingerprint density at radius 3 is 2.70 bits per heavy atom. The standard InChI is InChI=1S/C30H34F3N7O4/c1-19(2)37-8-9-39-23(15-37)18-44-27-6-5-21(30(31,32)33)10-25(27)28(41)40-16-24(11-26(40)29(39)42)43-17-22-14-38(36-35-22)13-20-4-3-7-34-12-20/h3-7,10,12,14,19,23-24,26H,8-9,11,13,15-18H2,1-2H3/t23-,24+,26-/m0/s1. The van der Waals surface area contributed by atoms with Gasteiger partial charge in [0.25, 0.3) is 5.91 Å². The summed E-state index contributed by atoms with van der Waals surface area (Å²) >= 11 is 0. The van der Waals surface area contributed by atoms with E-state index < -0.39 is 29.8 Å². The number of benzene rings is 1. The largest absolute Gasteiger partial charge is 0.491 e. The Balaban J connectivity index is 1.24. The molecule has 3 aromatic rings. The van der Waals surface area contributed by atoms with Crippen molar-refractivity contribution < 1.29 is 32.2 Å². The number of aromatic nitrogens is 4. The molecule has 0 bridgehead atoms. The highest BCUT2D eigenvalue weighted by Crippen LogP contribution is 2.36. The van der Waals surface area contributed by atoms with E-state index in [0.717, 1.165) is 17.7 Å². The molecular weight excluding hydrogens is 579 g/mol. The molecule has 2 fully saturated rings. The average molecular weight is 614 g/mol. The molecule has 3 aliphatic rings. The van der Waals surface area contributed by atoms with Crippen LogP contribution in [0.25, 0.3) is 0 Å². The molecule has 0 aliphatic carbocycles. The number of carbonyl (C=O) groups is 2. The number of ether oxygens (including phenoxy) is 2. The molecular formula is C30H34F3N7O4. The highest BCUT2D eigenvalue weighted by Gasteiger charge is 2.46. The van der Waals surface area contributed by atoms with Crippen LogP contribution in [0.1, 0.15) is 47.4 Å². The zero-order chi connectivity index (χ0) is 31.0. The van der Waals surface area contributed by atoms with Gasteiger partial charge in [-0.3, -0.25) is 19.5 Å². The number of nitrogens with zero attached hydrogens (tertiary/aromatic N) is 7. The first-order chi connectivity index (χ1) is 21.1. The van der Waals surface area contributed by atoms with Gasteiger partial charge in [0.15, 0.2) is 0 Å². The van der Waals surface area contributed by atoms with E-state index in [-0.39, 0.29) is 55.5 Å². The topological polar surface area (TPSA) is 106 Å². The van der Waals surface area contributed by atoms with Gasteiger partial charge in [0, 0.05) is 51.0 Å². The van der Waals surface area contributed by atoms with Crippen molar-refractivity contribution in [1.29, 1.82) is 0 Å². The number of piperazine rings is 1. The molecule has 0 spiro atoms. The molecule has 5 heterocycles. The Hall–Kier alpha value is -4.04. The minimum atomic E-state index is -4.65. The third-order valence-corrected chi connectivity index (χ3v) is 8.43. The molecule has 1 aromatic carbocycles. The lowest BCUT2D eigenvalue weighted by Crippen LogP contribution is -2.62. The minimum absolute atomic E-state index is 0.0331. The molecule has 0 saturated carbocycles. The normalized spacial score (nSPS) is 22.9. The maximum absolute atomic E-state index is 14.0. The van der Waals surface area contributed by atoms with Crippen LogP contribution >= 0.6 is 0 Å². The Morgan fingerprint density at radius 2 is 1.95 bits per heavy atom. The smallest absolute Gasteiger partial charge is 0.416 e. The van der Waals surface area contributed by atoms with Gasteiger partial charge in [-0.05, 0) is 43.7 Å². The van der Waals surface area contributed by atoms with Crippen LogP contribution in [0, 0.1) is 0 Å². The molecule has 6 rings (SSSR count). The second-order valence-electron chi connectivity index (χ2n) is 11.7. The van der Waals surface area contributed by atoms with Gasteiger partial charge in [-0.15, -0.1) is 5.10 Å². The van der Waals surface area contributed by atoms with Crippen molar-refractivity contribution in [2.75, 3.05) is 32.8 Å². The maximum Gasteiger partial charge on any atom is 0.416 e. The first kappa shape index (κ1) is 30.0. The molecule has 2 amide bonds. The molecule has 234 valence electrons. The monoisotopic (exact) mass is 613 g/mol. The van der Waals surface area contributed by atoms with Gasteiger partial charge >= 0.3 is 6.18 Å². The fourth-order valence-electron chi connectivity index (χ4n) is 6.05. The maximum atomic E-state index is 14.0. The molecule has 2 aromatic heterocycles. The zero-order valence-corrected chi connectivity index (χ0v) is 24.5. The molecule has 14 heteroatoms. The molecule has 44 heavy (non-hydrogen) atoms. The van der Waals surface area contributed by atoms with Gasteiger partial charge in [0.05, 0.1) is 42.6 Å². The summed E-state index contributed by atoms with van der Waals surface area (Å²) in [5, 5.41) is 8.31. The van der Waals surface area contributed by atoms with Crippen molar-refractivity contribution in [3.05, 3.63) is 71.3 Å². The predicted octanol–water partition coefficient (Wildman–Crippen LogP) is 2.85. The van der Waals surface area contributed by atoms with E-state index in [1.807, 2.05) is 12.1 Å². The van der Waals surface area contributed by atoms with E-state index >= 15 is 0 Å². The Morgan fingerprint density at radius 1 is 1.11 bits per heavy atom. The Labute approximate surface area is 252 Å². The lowest BCUT2D eigenvalue weighted by Gasteiger charge is -2.44. The third kappa shape index (κ3) is 6.27. The quantitative estimate of drug-likeness (QED) is 0.418.